The quantitative estimate of drug-likeness (QED) is 0.524. The largest absolute Gasteiger partial charge is 0.463 e. The van der Waals surface area contributed by atoms with Crippen molar-refractivity contribution >= 4 is 29.1 Å². The van der Waals surface area contributed by atoms with Crippen LogP contribution >= 0.6 is 11.3 Å². The number of anilines is 1. The molecule has 0 N–H and O–H groups in total. The van der Waals surface area contributed by atoms with E-state index in [1.165, 1.54) is 11.3 Å². The van der Waals surface area contributed by atoms with Crippen LogP contribution < -0.4 is 19.8 Å². The zero-order valence-electron chi connectivity index (χ0n) is 20.5. The predicted octanol–water partition coefficient (Wildman–Crippen LogP) is 2.21. The van der Waals surface area contributed by atoms with Gasteiger partial charge in [0.1, 0.15) is 0 Å². The van der Waals surface area contributed by atoms with Gasteiger partial charge in [0.25, 0.3) is 5.56 Å². The monoisotopic (exact) mass is 479 g/mol. The maximum absolute atomic E-state index is 13.7. The second kappa shape index (κ2) is 9.06. The molecule has 4 rings (SSSR count). The number of aryl methyl sites for hydroxylation is 2. The van der Waals surface area contributed by atoms with E-state index in [1.807, 2.05) is 70.2 Å². The second-order valence-corrected chi connectivity index (χ2v) is 9.51. The average Bonchev–Trinajstić information content (AvgIpc) is 3.22. The molecule has 0 spiro atoms. The van der Waals surface area contributed by atoms with Gasteiger partial charge < -0.3 is 9.64 Å². The molecule has 1 aliphatic heterocycles. The van der Waals surface area contributed by atoms with Gasteiger partial charge in [-0.15, -0.1) is 0 Å². The zero-order valence-corrected chi connectivity index (χ0v) is 21.4. The van der Waals surface area contributed by atoms with Crippen LogP contribution in [0.1, 0.15) is 42.4 Å². The summed E-state index contributed by atoms with van der Waals surface area (Å²) < 4.78 is 9.32. The molecule has 0 amide bonds. The van der Waals surface area contributed by atoms with Crippen molar-refractivity contribution in [3.63, 3.8) is 0 Å². The van der Waals surface area contributed by atoms with Crippen molar-refractivity contribution in [3.8, 4) is 0 Å². The number of hydrogen-bond acceptors (Lipinski definition) is 7. The summed E-state index contributed by atoms with van der Waals surface area (Å²) in [5, 5.41) is 4.46. The Morgan fingerprint density at radius 2 is 1.88 bits per heavy atom. The molecular formula is C25H29N5O3S. The van der Waals surface area contributed by atoms with Gasteiger partial charge in [-0.25, -0.2) is 9.79 Å². The molecule has 178 valence electrons. The number of allylic oxidation sites excluding steroid dienone is 1. The van der Waals surface area contributed by atoms with Gasteiger partial charge in [0.15, 0.2) is 4.80 Å². The molecule has 0 unspecified atom stereocenters. The lowest BCUT2D eigenvalue weighted by Gasteiger charge is -2.25. The summed E-state index contributed by atoms with van der Waals surface area (Å²) in [6.07, 6.45) is 1.87. The number of ether oxygens (including phenoxy) is 1. The Kier molecular flexibility index (Phi) is 6.31. The fourth-order valence-electron chi connectivity index (χ4n) is 4.19. The maximum atomic E-state index is 13.7. The predicted molar refractivity (Wildman–Crippen MR) is 134 cm³/mol. The Morgan fingerprint density at radius 3 is 2.44 bits per heavy atom. The first-order valence-corrected chi connectivity index (χ1v) is 11.9. The lowest BCUT2D eigenvalue weighted by molar-refractivity contribution is -0.139. The third kappa shape index (κ3) is 4.00. The van der Waals surface area contributed by atoms with E-state index in [0.717, 1.165) is 28.2 Å². The molecule has 3 aromatic rings. The summed E-state index contributed by atoms with van der Waals surface area (Å²) >= 11 is 1.32. The fraction of sp³-hybridized carbons (Fsp3) is 0.360. The summed E-state index contributed by atoms with van der Waals surface area (Å²) in [5.74, 6) is -0.460. The molecule has 34 heavy (non-hydrogen) atoms. The lowest BCUT2D eigenvalue weighted by Crippen LogP contribution is -2.40. The first-order valence-electron chi connectivity index (χ1n) is 11.1. The van der Waals surface area contributed by atoms with Crippen LogP contribution in [-0.2, 0) is 16.6 Å². The summed E-state index contributed by atoms with van der Waals surface area (Å²) in [7, 11) is 5.82. The van der Waals surface area contributed by atoms with Crippen molar-refractivity contribution < 1.29 is 9.53 Å². The van der Waals surface area contributed by atoms with E-state index in [1.54, 1.807) is 23.1 Å². The van der Waals surface area contributed by atoms with E-state index in [4.69, 9.17) is 4.74 Å². The average molecular weight is 480 g/mol. The molecule has 0 saturated heterocycles. The number of hydrogen-bond donors (Lipinski definition) is 0. The van der Waals surface area contributed by atoms with E-state index >= 15 is 0 Å². The fourth-order valence-corrected chi connectivity index (χ4v) is 5.22. The normalized spacial score (nSPS) is 15.9. The van der Waals surface area contributed by atoms with E-state index in [2.05, 4.69) is 10.1 Å². The van der Waals surface area contributed by atoms with Crippen molar-refractivity contribution in [2.75, 3.05) is 25.6 Å². The SMILES string of the molecule is CCOC(=O)C1=C(C)N=c2sc(=Cc3c(C)nn(C)c3C)c(=O)n2[C@@H]1c1ccc(N(C)C)cc1. The summed E-state index contributed by atoms with van der Waals surface area (Å²) in [5.41, 5.74) is 5.34. The van der Waals surface area contributed by atoms with Crippen LogP contribution in [0.4, 0.5) is 5.69 Å². The molecule has 1 aliphatic rings. The van der Waals surface area contributed by atoms with Crippen molar-refractivity contribution in [1.29, 1.82) is 0 Å². The highest BCUT2D eigenvalue weighted by molar-refractivity contribution is 7.07. The van der Waals surface area contributed by atoms with Crippen LogP contribution in [0.25, 0.3) is 6.08 Å². The van der Waals surface area contributed by atoms with Gasteiger partial charge in [-0.1, -0.05) is 23.5 Å². The van der Waals surface area contributed by atoms with Gasteiger partial charge in [0.2, 0.25) is 0 Å². The summed E-state index contributed by atoms with van der Waals surface area (Å²) in [6, 6.07) is 7.23. The number of benzene rings is 1. The number of fused-ring (bicyclic) bond motifs is 1. The van der Waals surface area contributed by atoms with Gasteiger partial charge >= 0.3 is 5.97 Å². The van der Waals surface area contributed by atoms with Crippen LogP contribution in [0.15, 0.2) is 45.3 Å². The number of rotatable bonds is 5. The zero-order chi connectivity index (χ0) is 24.7. The summed E-state index contributed by atoms with van der Waals surface area (Å²) in [6.45, 7) is 7.70. The molecule has 9 heteroatoms. The molecular weight excluding hydrogens is 450 g/mol. The van der Waals surface area contributed by atoms with Crippen molar-refractivity contribution in [3.05, 3.63) is 77.7 Å². The number of nitrogens with zero attached hydrogens (tertiary/aromatic N) is 5. The maximum Gasteiger partial charge on any atom is 0.338 e. The van der Waals surface area contributed by atoms with Crippen LogP contribution in [0.3, 0.4) is 0 Å². The minimum Gasteiger partial charge on any atom is -0.463 e. The molecule has 1 atom stereocenters. The Bertz CT molecular complexity index is 1470. The van der Waals surface area contributed by atoms with Crippen molar-refractivity contribution in [1.82, 2.24) is 14.3 Å². The van der Waals surface area contributed by atoms with Gasteiger partial charge in [-0.3, -0.25) is 14.0 Å². The molecule has 2 aromatic heterocycles. The second-order valence-electron chi connectivity index (χ2n) is 8.50. The molecule has 0 aliphatic carbocycles. The van der Waals surface area contributed by atoms with E-state index in [9.17, 15) is 9.59 Å². The van der Waals surface area contributed by atoms with Crippen LogP contribution in [0.2, 0.25) is 0 Å². The third-order valence-electron chi connectivity index (χ3n) is 6.08. The van der Waals surface area contributed by atoms with Gasteiger partial charge in [0, 0.05) is 38.1 Å². The van der Waals surface area contributed by atoms with E-state index in [0.29, 0.717) is 20.6 Å². The Labute approximate surface area is 202 Å². The third-order valence-corrected chi connectivity index (χ3v) is 7.07. The Morgan fingerprint density at radius 1 is 1.21 bits per heavy atom. The molecule has 8 nitrogen and oxygen atoms in total. The highest BCUT2D eigenvalue weighted by atomic mass is 32.1. The van der Waals surface area contributed by atoms with Gasteiger partial charge in [-0.2, -0.15) is 5.10 Å². The Hall–Kier alpha value is -3.46. The van der Waals surface area contributed by atoms with Crippen molar-refractivity contribution in [2.45, 2.75) is 33.7 Å². The molecule has 3 heterocycles. The van der Waals surface area contributed by atoms with E-state index in [-0.39, 0.29) is 12.2 Å². The topological polar surface area (TPSA) is 81.7 Å². The molecule has 0 bridgehead atoms. The van der Waals surface area contributed by atoms with E-state index < -0.39 is 12.0 Å². The van der Waals surface area contributed by atoms with Crippen LogP contribution in [-0.4, -0.2) is 41.0 Å². The van der Waals surface area contributed by atoms with Crippen LogP contribution in [0, 0.1) is 13.8 Å². The first-order chi connectivity index (χ1) is 16.1. The highest BCUT2D eigenvalue weighted by Crippen LogP contribution is 2.31. The number of esters is 1. The number of carbonyl (C=O) groups is 1. The first kappa shape index (κ1) is 23.7. The van der Waals surface area contributed by atoms with Crippen molar-refractivity contribution in [2.24, 2.45) is 12.0 Å². The van der Waals surface area contributed by atoms with Crippen LogP contribution in [0.5, 0.6) is 0 Å². The van der Waals surface area contributed by atoms with Gasteiger partial charge in [0.05, 0.1) is 34.1 Å². The minimum atomic E-state index is -0.621. The standard InChI is InChI=1S/C25H29N5O3S/c1-8-33-24(32)21-15(3)26-25-30(22(21)17-9-11-18(12-10-17)28(5)6)23(31)20(34-25)13-19-14(2)27-29(7)16(19)4/h9-13,22H,8H2,1-7H3/t22-/m1/s1. The minimum absolute atomic E-state index is 0.192. The number of thiazole rings is 1. The van der Waals surface area contributed by atoms with Gasteiger partial charge in [-0.05, 0) is 51.5 Å². The number of aromatic nitrogens is 3. The molecule has 1 aromatic carbocycles. The molecule has 0 fully saturated rings. The molecule has 0 saturated carbocycles. The highest BCUT2D eigenvalue weighted by Gasteiger charge is 2.33. The smallest absolute Gasteiger partial charge is 0.338 e. The number of carbonyl (C=O) groups excluding carboxylic acids is 1. The summed E-state index contributed by atoms with van der Waals surface area (Å²) in [4.78, 5) is 33.9. The Balaban J connectivity index is 1.96. The lowest BCUT2D eigenvalue weighted by atomic mass is 9.95. The molecule has 0 radical (unpaired) electrons.